The highest BCUT2D eigenvalue weighted by molar-refractivity contribution is 14.1. The first-order valence-corrected chi connectivity index (χ1v) is 8.84. The summed E-state index contributed by atoms with van der Waals surface area (Å²) in [7, 11) is 0. The van der Waals surface area contributed by atoms with Crippen LogP contribution in [0.5, 0.6) is 0 Å². The molecule has 0 aliphatic heterocycles. The van der Waals surface area contributed by atoms with E-state index >= 15 is 0 Å². The van der Waals surface area contributed by atoms with Gasteiger partial charge in [0.05, 0.1) is 0 Å². The average molecular weight is 330 g/mol. The van der Waals surface area contributed by atoms with Crippen molar-refractivity contribution < 1.29 is 0 Å². The number of halogens is 1. The van der Waals surface area contributed by atoms with E-state index in [4.69, 9.17) is 0 Å². The number of hydrogen-bond acceptors (Lipinski definition) is 0. The zero-order valence-electron chi connectivity index (χ0n) is 12.5. The van der Waals surface area contributed by atoms with E-state index in [0.29, 0.717) is 0 Å². The normalized spacial score (nSPS) is 9.40. The summed E-state index contributed by atoms with van der Waals surface area (Å²) in [5.41, 5.74) is 0. The largest absolute Gasteiger partial charge is 0.0901 e. The van der Waals surface area contributed by atoms with Gasteiger partial charge in [0.25, 0.3) is 0 Å². The first kappa shape index (κ1) is 24.8. The highest BCUT2D eigenvalue weighted by Gasteiger charge is 1.97. The first-order chi connectivity index (χ1) is 7.31. The topological polar surface area (TPSA) is 0 Å². The summed E-state index contributed by atoms with van der Waals surface area (Å²) in [6.07, 6.45) is 6.98. The van der Waals surface area contributed by atoms with Crippen molar-refractivity contribution in [3.8, 4) is 0 Å². The van der Waals surface area contributed by atoms with E-state index in [1.165, 1.54) is 32.1 Å². The van der Waals surface area contributed by atoms with Crippen LogP contribution >= 0.6 is 22.6 Å². The number of rotatable bonds is 5. The molecule has 0 heterocycles. The van der Waals surface area contributed by atoms with Gasteiger partial charge in [-0.05, 0) is 10.8 Å². The number of unbranched alkanes of at least 4 members (excludes halogenated alkanes) is 1. The monoisotopic (exact) mass is 330 g/mol. The third kappa shape index (κ3) is 39.9. The molecule has 0 aromatic carbocycles. The van der Waals surface area contributed by atoms with Gasteiger partial charge in [-0.3, -0.25) is 0 Å². The Balaban J connectivity index is -0.0000000860. The van der Waals surface area contributed by atoms with Crippen molar-refractivity contribution in [1.29, 1.82) is 0 Å². The lowest BCUT2D eigenvalue weighted by Gasteiger charge is -2.07. The van der Waals surface area contributed by atoms with Crippen molar-refractivity contribution in [3.05, 3.63) is 0 Å². The predicted octanol–water partition coefficient (Wildman–Crippen LogP) is 6.72. The molecule has 0 aliphatic carbocycles. The van der Waals surface area contributed by atoms with Crippen LogP contribution < -0.4 is 0 Å². The third-order valence-electron chi connectivity index (χ3n) is 1.83. The minimum absolute atomic E-state index is 0.968. The zero-order chi connectivity index (χ0) is 13.1. The maximum atomic E-state index is 2.36. The lowest BCUT2D eigenvalue weighted by Crippen LogP contribution is -1.92. The maximum Gasteiger partial charge on any atom is -0.0121 e. The Morgan fingerprint density at radius 3 is 1.47 bits per heavy atom. The number of hydrogen-bond donors (Lipinski definition) is 0. The molecule has 0 N–H and O–H groups in total. The molecule has 1 unspecified atom stereocenters. The SMILES string of the molecule is CC.CC.CCCCC(C)CCC.CI. The van der Waals surface area contributed by atoms with Crippen LogP contribution in [0.3, 0.4) is 0 Å². The van der Waals surface area contributed by atoms with Crippen LogP contribution in [0.2, 0.25) is 0 Å². The van der Waals surface area contributed by atoms with Gasteiger partial charge in [0.2, 0.25) is 0 Å². The summed E-state index contributed by atoms with van der Waals surface area (Å²) in [5, 5.41) is 0. The van der Waals surface area contributed by atoms with Gasteiger partial charge in [-0.15, -0.1) is 0 Å². The highest BCUT2D eigenvalue weighted by Crippen LogP contribution is 2.12. The summed E-state index contributed by atoms with van der Waals surface area (Å²) in [6, 6.07) is 0. The molecule has 0 aromatic heterocycles. The minimum Gasteiger partial charge on any atom is -0.0901 e. The molecule has 0 saturated carbocycles. The highest BCUT2D eigenvalue weighted by atomic mass is 127. The molecule has 0 aromatic rings. The fourth-order valence-electron chi connectivity index (χ4n) is 1.19. The average Bonchev–Trinajstić information content (AvgIpc) is 2.34. The van der Waals surface area contributed by atoms with Crippen LogP contribution in [0, 0.1) is 5.92 Å². The van der Waals surface area contributed by atoms with E-state index in [1.807, 2.05) is 32.6 Å². The van der Waals surface area contributed by atoms with Crippen molar-refractivity contribution in [2.24, 2.45) is 5.92 Å². The molecule has 0 aliphatic rings. The van der Waals surface area contributed by atoms with Crippen molar-refractivity contribution in [2.75, 3.05) is 4.93 Å². The van der Waals surface area contributed by atoms with Crippen LogP contribution in [0.15, 0.2) is 0 Å². The summed E-state index contributed by atoms with van der Waals surface area (Å²) >= 11 is 2.15. The minimum atomic E-state index is 0.968. The Morgan fingerprint density at radius 1 is 0.800 bits per heavy atom. The number of alkyl halides is 1. The van der Waals surface area contributed by atoms with Crippen LogP contribution in [0.4, 0.5) is 0 Å². The van der Waals surface area contributed by atoms with E-state index in [1.54, 1.807) is 0 Å². The van der Waals surface area contributed by atoms with Crippen molar-refractivity contribution >= 4 is 22.6 Å². The maximum absolute atomic E-state index is 2.36. The Bertz CT molecular complexity index is 53.3. The van der Waals surface area contributed by atoms with Gasteiger partial charge < -0.3 is 0 Å². The zero-order valence-corrected chi connectivity index (χ0v) is 14.6. The lowest BCUT2D eigenvalue weighted by atomic mass is 10.00. The molecule has 0 saturated heterocycles. The van der Waals surface area contributed by atoms with Gasteiger partial charge in [-0.1, -0.05) is 103 Å². The molecule has 0 bridgehead atoms. The van der Waals surface area contributed by atoms with E-state index in [9.17, 15) is 0 Å². The van der Waals surface area contributed by atoms with Gasteiger partial charge in [0.15, 0.2) is 0 Å². The van der Waals surface area contributed by atoms with Crippen molar-refractivity contribution in [2.45, 2.75) is 80.6 Å². The fourth-order valence-corrected chi connectivity index (χ4v) is 1.19. The van der Waals surface area contributed by atoms with Gasteiger partial charge in [0, 0.05) is 0 Å². The third-order valence-corrected chi connectivity index (χ3v) is 1.83. The Kier molecular flexibility index (Phi) is 60.3. The quantitative estimate of drug-likeness (QED) is 0.388. The van der Waals surface area contributed by atoms with E-state index < -0.39 is 0 Å². The summed E-state index contributed by atoms with van der Waals surface area (Å²) < 4.78 is 0. The van der Waals surface area contributed by atoms with Crippen LogP contribution in [-0.2, 0) is 0 Å². The predicted molar refractivity (Wildman–Crippen MR) is 86.2 cm³/mol. The summed E-state index contributed by atoms with van der Waals surface area (Å²) in [6.45, 7) is 14.9. The van der Waals surface area contributed by atoms with Crippen LogP contribution in [-0.4, -0.2) is 4.93 Å². The Hall–Kier alpha value is 0.730. The van der Waals surface area contributed by atoms with Gasteiger partial charge >= 0.3 is 0 Å². The molecular formula is C14H35I. The van der Waals surface area contributed by atoms with E-state index in [0.717, 1.165) is 5.92 Å². The molecule has 1 atom stereocenters. The molecular weight excluding hydrogens is 295 g/mol. The molecule has 15 heavy (non-hydrogen) atoms. The molecule has 0 amide bonds. The van der Waals surface area contributed by atoms with Crippen LogP contribution in [0.25, 0.3) is 0 Å². The van der Waals surface area contributed by atoms with Crippen molar-refractivity contribution in [3.63, 3.8) is 0 Å². The lowest BCUT2D eigenvalue weighted by molar-refractivity contribution is 0.466. The second-order valence-electron chi connectivity index (χ2n) is 3.04. The first-order valence-electron chi connectivity index (χ1n) is 6.69. The molecule has 0 radical (unpaired) electrons. The smallest absolute Gasteiger partial charge is 0.0121 e. The molecule has 0 fully saturated rings. The molecule has 1 heteroatoms. The second-order valence-corrected chi connectivity index (χ2v) is 3.04. The molecule has 0 rings (SSSR count). The standard InChI is InChI=1S/C9H20.2C2H6.CH3I/c1-4-6-8-9(3)7-5-2;3*1-2/h9H,4-8H2,1-3H3;2*1-2H3;1H3. The Morgan fingerprint density at radius 2 is 1.20 bits per heavy atom. The van der Waals surface area contributed by atoms with Crippen LogP contribution in [0.1, 0.15) is 80.6 Å². The summed E-state index contributed by atoms with van der Waals surface area (Å²) in [5.74, 6) is 0.968. The van der Waals surface area contributed by atoms with E-state index in [-0.39, 0.29) is 0 Å². The van der Waals surface area contributed by atoms with Gasteiger partial charge in [-0.25, -0.2) is 0 Å². The van der Waals surface area contributed by atoms with Gasteiger partial charge in [-0.2, -0.15) is 0 Å². The Labute approximate surface area is 114 Å². The molecule has 0 spiro atoms. The molecule has 98 valence electrons. The van der Waals surface area contributed by atoms with Gasteiger partial charge in [0.1, 0.15) is 0 Å². The van der Waals surface area contributed by atoms with Crippen molar-refractivity contribution in [1.82, 2.24) is 0 Å². The molecule has 0 nitrogen and oxygen atoms in total. The van der Waals surface area contributed by atoms with E-state index in [2.05, 4.69) is 43.4 Å². The second kappa shape index (κ2) is 36.4. The fraction of sp³-hybridized carbons (Fsp3) is 1.00. The summed E-state index contributed by atoms with van der Waals surface area (Å²) in [4.78, 5) is 1.97.